The highest BCUT2D eigenvalue weighted by atomic mass is 16.4. The van der Waals surface area contributed by atoms with Crippen LogP contribution in [0.15, 0.2) is 71.1 Å². The lowest BCUT2D eigenvalue weighted by molar-refractivity contribution is -0.119. The van der Waals surface area contributed by atoms with Gasteiger partial charge in [0.05, 0.1) is 5.56 Å². The lowest BCUT2D eigenvalue weighted by Crippen LogP contribution is -2.44. The number of benzene rings is 2. The highest BCUT2D eigenvalue weighted by Gasteiger charge is 2.48. The molecule has 0 amide bonds. The maximum Gasteiger partial charge on any atom is 0.335 e. The minimum Gasteiger partial charge on any atom is -0.478 e. The number of ketones is 2. The number of aryl methyl sites for hydroxylation is 1. The average Bonchev–Trinajstić information content (AvgIpc) is 2.79. The summed E-state index contributed by atoms with van der Waals surface area (Å²) in [6, 6.07) is 15.1. The van der Waals surface area contributed by atoms with Gasteiger partial charge in [-0.1, -0.05) is 69.7 Å². The van der Waals surface area contributed by atoms with Crippen LogP contribution in [-0.4, -0.2) is 27.5 Å². The van der Waals surface area contributed by atoms with Crippen molar-refractivity contribution in [2.45, 2.75) is 72.8 Å². The first-order chi connectivity index (χ1) is 17.3. The van der Waals surface area contributed by atoms with E-state index in [1.165, 1.54) is 5.56 Å². The van der Waals surface area contributed by atoms with Crippen molar-refractivity contribution >= 4 is 17.5 Å². The molecule has 1 aliphatic heterocycles. The van der Waals surface area contributed by atoms with E-state index in [-0.39, 0.29) is 28.0 Å². The third kappa shape index (κ3) is 4.68. The Kier molecular flexibility index (Phi) is 6.01. The molecule has 0 unspecified atom stereocenters. The Labute approximate surface area is 218 Å². The van der Waals surface area contributed by atoms with Gasteiger partial charge in [-0.05, 0) is 53.9 Å². The summed E-state index contributed by atoms with van der Waals surface area (Å²) in [5, 5.41) is 9.42. The van der Waals surface area contributed by atoms with Crippen molar-refractivity contribution in [3.05, 3.63) is 93.3 Å². The third-order valence-corrected chi connectivity index (χ3v) is 7.97. The fourth-order valence-corrected chi connectivity index (χ4v) is 6.27. The van der Waals surface area contributed by atoms with Gasteiger partial charge in [0.1, 0.15) is 0 Å². The number of Topliss-reactive ketones (excluding diaryl/α,β-unsaturated/α-hetero) is 2. The van der Waals surface area contributed by atoms with Gasteiger partial charge in [-0.25, -0.2) is 4.79 Å². The van der Waals surface area contributed by atoms with E-state index >= 15 is 0 Å². The van der Waals surface area contributed by atoms with Crippen molar-refractivity contribution < 1.29 is 19.5 Å². The van der Waals surface area contributed by atoms with Gasteiger partial charge in [-0.15, -0.1) is 0 Å². The summed E-state index contributed by atoms with van der Waals surface area (Å²) in [6.45, 7) is 11.2. The van der Waals surface area contributed by atoms with Crippen LogP contribution in [0.4, 0.5) is 0 Å². The summed E-state index contributed by atoms with van der Waals surface area (Å²) in [5.74, 6) is -1.30. The topological polar surface area (TPSA) is 74.7 Å². The SMILES string of the molecule is Cc1ccc(CN2C3=C(C(=O)CC(C)(C)C3)C(c3ccc(C(=O)O)cc3)C3=C2CC(C)(C)CC3=O)cc1. The Hall–Kier alpha value is -3.47. The number of carbonyl (C=O) groups is 3. The molecule has 0 radical (unpaired) electrons. The quantitative estimate of drug-likeness (QED) is 0.516. The highest BCUT2D eigenvalue weighted by molar-refractivity contribution is 6.06. The maximum absolute atomic E-state index is 13.8. The molecule has 37 heavy (non-hydrogen) atoms. The first kappa shape index (κ1) is 25.2. The first-order valence-corrected chi connectivity index (χ1v) is 13.0. The van der Waals surface area contributed by atoms with Crippen LogP contribution in [0.1, 0.15) is 86.3 Å². The predicted molar refractivity (Wildman–Crippen MR) is 143 cm³/mol. The Balaban J connectivity index is 1.74. The number of nitrogens with zero attached hydrogens (tertiary/aromatic N) is 1. The van der Waals surface area contributed by atoms with Gasteiger partial charge in [-0.3, -0.25) is 9.59 Å². The number of carboxylic acid groups (broad SMARTS) is 1. The lowest BCUT2D eigenvalue weighted by atomic mass is 9.63. The van der Waals surface area contributed by atoms with E-state index in [2.05, 4.69) is 63.8 Å². The van der Waals surface area contributed by atoms with Crippen LogP contribution in [0.2, 0.25) is 0 Å². The molecule has 0 saturated heterocycles. The second kappa shape index (κ2) is 8.83. The van der Waals surface area contributed by atoms with Crippen LogP contribution >= 0.6 is 0 Å². The van der Waals surface area contributed by atoms with Crippen LogP contribution < -0.4 is 0 Å². The summed E-state index contributed by atoms with van der Waals surface area (Å²) < 4.78 is 0. The Morgan fingerprint density at radius 3 is 1.76 bits per heavy atom. The van der Waals surface area contributed by atoms with Gasteiger partial charge in [0.15, 0.2) is 11.6 Å². The molecule has 0 atom stereocenters. The molecule has 1 N–H and O–H groups in total. The number of rotatable bonds is 4. The normalized spacial score (nSPS) is 21.2. The summed E-state index contributed by atoms with van der Waals surface area (Å²) >= 11 is 0. The number of carbonyl (C=O) groups excluding carboxylic acids is 2. The Morgan fingerprint density at radius 1 is 0.811 bits per heavy atom. The zero-order valence-electron chi connectivity index (χ0n) is 22.4. The molecule has 192 valence electrons. The number of hydrogen-bond donors (Lipinski definition) is 1. The van der Waals surface area contributed by atoms with Gasteiger partial charge in [0, 0.05) is 47.8 Å². The zero-order chi connectivity index (χ0) is 26.7. The van der Waals surface area contributed by atoms with E-state index in [0.717, 1.165) is 35.4 Å². The fraction of sp³-hybridized carbons (Fsp3) is 0.406. The number of hydrogen-bond acceptors (Lipinski definition) is 4. The van der Waals surface area contributed by atoms with Crippen LogP contribution in [0, 0.1) is 17.8 Å². The second-order valence-electron chi connectivity index (χ2n) is 12.5. The summed E-state index contributed by atoms with van der Waals surface area (Å²) in [5.41, 5.74) is 6.39. The molecule has 1 heterocycles. The fourth-order valence-electron chi connectivity index (χ4n) is 6.27. The standard InChI is InChI=1S/C32H35NO4/c1-19-6-8-20(9-7-19)18-33-23-14-31(2,3)16-25(34)28(23)27(21-10-12-22(13-11-21)30(36)37)29-24(33)15-32(4,5)17-26(29)35/h6-13,27H,14-18H2,1-5H3,(H,36,37). The van der Waals surface area contributed by atoms with Crippen LogP contribution in [0.5, 0.6) is 0 Å². The average molecular weight is 498 g/mol. The molecular weight excluding hydrogens is 462 g/mol. The predicted octanol–water partition coefficient (Wildman–Crippen LogP) is 6.58. The van der Waals surface area contributed by atoms with Crippen molar-refractivity contribution in [3.8, 4) is 0 Å². The van der Waals surface area contributed by atoms with Crippen molar-refractivity contribution in [2.24, 2.45) is 10.8 Å². The van der Waals surface area contributed by atoms with Crippen molar-refractivity contribution in [1.82, 2.24) is 4.90 Å². The highest BCUT2D eigenvalue weighted by Crippen LogP contribution is 2.54. The third-order valence-electron chi connectivity index (χ3n) is 7.97. The van der Waals surface area contributed by atoms with E-state index in [0.29, 0.717) is 30.5 Å². The Morgan fingerprint density at radius 2 is 1.30 bits per heavy atom. The molecule has 0 spiro atoms. The molecule has 2 aromatic rings. The molecular formula is C32H35NO4. The van der Waals surface area contributed by atoms with Gasteiger partial charge < -0.3 is 10.0 Å². The van der Waals surface area contributed by atoms with Gasteiger partial charge in [-0.2, -0.15) is 0 Å². The number of allylic oxidation sites excluding steroid dienone is 4. The van der Waals surface area contributed by atoms with Crippen LogP contribution in [-0.2, 0) is 16.1 Å². The minimum atomic E-state index is -0.995. The smallest absolute Gasteiger partial charge is 0.335 e. The molecule has 2 aromatic carbocycles. The van der Waals surface area contributed by atoms with E-state index in [1.807, 2.05) is 0 Å². The first-order valence-electron chi connectivity index (χ1n) is 13.0. The molecule has 3 aliphatic rings. The van der Waals surface area contributed by atoms with E-state index < -0.39 is 11.9 Å². The van der Waals surface area contributed by atoms with Crippen LogP contribution in [0.25, 0.3) is 0 Å². The molecule has 0 fully saturated rings. The maximum atomic E-state index is 13.8. The molecule has 0 aromatic heterocycles. The largest absolute Gasteiger partial charge is 0.478 e. The van der Waals surface area contributed by atoms with E-state index in [9.17, 15) is 19.5 Å². The van der Waals surface area contributed by atoms with E-state index in [1.54, 1.807) is 24.3 Å². The summed E-state index contributed by atoms with van der Waals surface area (Å²) in [6.07, 6.45) is 2.34. The lowest BCUT2D eigenvalue weighted by Gasteiger charge is -2.49. The Bertz CT molecular complexity index is 1300. The van der Waals surface area contributed by atoms with E-state index in [4.69, 9.17) is 0 Å². The monoisotopic (exact) mass is 497 g/mol. The zero-order valence-corrected chi connectivity index (χ0v) is 22.4. The summed E-state index contributed by atoms with van der Waals surface area (Å²) in [4.78, 5) is 41.5. The van der Waals surface area contributed by atoms with Crippen molar-refractivity contribution in [1.29, 1.82) is 0 Å². The molecule has 5 heteroatoms. The molecule has 5 nitrogen and oxygen atoms in total. The van der Waals surface area contributed by atoms with Gasteiger partial charge >= 0.3 is 5.97 Å². The number of aromatic carboxylic acids is 1. The minimum absolute atomic E-state index is 0.0802. The molecule has 0 bridgehead atoms. The van der Waals surface area contributed by atoms with Crippen molar-refractivity contribution in [3.63, 3.8) is 0 Å². The molecule has 5 rings (SSSR count). The van der Waals surface area contributed by atoms with Gasteiger partial charge in [0.25, 0.3) is 0 Å². The molecule has 0 saturated carbocycles. The molecule has 2 aliphatic carbocycles. The van der Waals surface area contributed by atoms with Gasteiger partial charge in [0.2, 0.25) is 0 Å². The summed E-state index contributed by atoms with van der Waals surface area (Å²) in [7, 11) is 0. The number of carboxylic acids is 1. The van der Waals surface area contributed by atoms with Crippen molar-refractivity contribution in [2.75, 3.05) is 0 Å². The second-order valence-corrected chi connectivity index (χ2v) is 12.5. The van der Waals surface area contributed by atoms with Crippen LogP contribution in [0.3, 0.4) is 0 Å².